The van der Waals surface area contributed by atoms with Gasteiger partial charge < -0.3 is 19.8 Å². The number of phosphoric ester groups is 1. The molecule has 0 spiro atoms. The third-order valence-corrected chi connectivity index (χ3v) is 8.59. The van der Waals surface area contributed by atoms with Crippen molar-refractivity contribution in [3.63, 3.8) is 0 Å². The standard InChI is InChI=1S/C26H32N3O8PS/c1-2-36-25-15-10-20-16-22(13-14-23(20)27-25)39(34,35)29-21-11-8-19(9-12-21)26(30)28-24(17-37-38(31,32)33)18-6-4-3-5-7-18/h3-7,10,13-16,19,21,24,29H,2,8-9,11-12,17H2,1H3,(H,28,30)(H2,31,32,33)/t19?,21?,24-/m0/s1. The molecule has 4 N–H and O–H groups in total. The Hall–Kier alpha value is -2.86. The van der Waals surface area contributed by atoms with Crippen molar-refractivity contribution in [3.05, 3.63) is 66.2 Å². The number of fused-ring (bicyclic) bond motifs is 1. The van der Waals surface area contributed by atoms with E-state index < -0.39 is 23.9 Å². The predicted molar refractivity (Wildman–Crippen MR) is 144 cm³/mol. The van der Waals surface area contributed by atoms with Crippen molar-refractivity contribution < 1.29 is 36.8 Å². The number of benzene rings is 2. The maximum Gasteiger partial charge on any atom is 0.469 e. The van der Waals surface area contributed by atoms with Gasteiger partial charge in [-0.3, -0.25) is 9.32 Å². The summed E-state index contributed by atoms with van der Waals surface area (Å²) in [5, 5.41) is 3.51. The highest BCUT2D eigenvalue weighted by atomic mass is 32.2. The number of phosphoric acid groups is 1. The van der Waals surface area contributed by atoms with Crippen molar-refractivity contribution in [3.8, 4) is 5.88 Å². The van der Waals surface area contributed by atoms with Crippen LogP contribution in [0.15, 0.2) is 65.6 Å². The summed E-state index contributed by atoms with van der Waals surface area (Å²) >= 11 is 0. The van der Waals surface area contributed by atoms with Crippen LogP contribution in [-0.4, -0.2) is 48.4 Å². The molecule has 1 aliphatic rings. The number of carbonyl (C=O) groups excluding carboxylic acids is 1. The van der Waals surface area contributed by atoms with Crippen LogP contribution in [0, 0.1) is 5.92 Å². The molecule has 0 aliphatic heterocycles. The van der Waals surface area contributed by atoms with E-state index in [9.17, 15) is 17.8 Å². The van der Waals surface area contributed by atoms with Crippen LogP contribution in [0.3, 0.4) is 0 Å². The van der Waals surface area contributed by atoms with Crippen molar-refractivity contribution in [1.29, 1.82) is 0 Å². The first-order chi connectivity index (χ1) is 18.5. The summed E-state index contributed by atoms with van der Waals surface area (Å²) in [7, 11) is -8.50. The Morgan fingerprint density at radius 1 is 1.08 bits per heavy atom. The number of nitrogens with one attached hydrogen (secondary N) is 2. The second-order valence-corrected chi connectivity index (χ2v) is 12.3. The largest absolute Gasteiger partial charge is 0.478 e. The summed E-state index contributed by atoms with van der Waals surface area (Å²) in [5.41, 5.74) is 1.28. The molecule has 0 saturated heterocycles. The van der Waals surface area contributed by atoms with E-state index in [2.05, 4.69) is 19.5 Å². The van der Waals surface area contributed by atoms with E-state index in [4.69, 9.17) is 14.5 Å². The van der Waals surface area contributed by atoms with Crippen LogP contribution in [-0.2, 0) is 23.9 Å². The number of carbonyl (C=O) groups is 1. The first-order valence-corrected chi connectivity index (χ1v) is 15.7. The number of amides is 1. The molecule has 3 aromatic rings. The number of aromatic nitrogens is 1. The molecule has 210 valence electrons. The molecule has 0 unspecified atom stereocenters. The van der Waals surface area contributed by atoms with E-state index in [0.717, 1.165) is 0 Å². The Balaban J connectivity index is 1.35. The van der Waals surface area contributed by atoms with Crippen LogP contribution in [0.4, 0.5) is 0 Å². The lowest BCUT2D eigenvalue weighted by molar-refractivity contribution is -0.127. The van der Waals surface area contributed by atoms with Crippen molar-refractivity contribution in [2.24, 2.45) is 5.92 Å². The second kappa shape index (κ2) is 12.5. The summed E-state index contributed by atoms with van der Waals surface area (Å²) in [6, 6.07) is 15.9. The molecule has 1 aromatic heterocycles. The SMILES string of the molecule is CCOc1ccc2cc(S(=O)(=O)NC3CCC(C(=O)N[C@@H](COP(=O)(O)O)c4ccccc4)CC3)ccc2n1. The Labute approximate surface area is 227 Å². The minimum absolute atomic E-state index is 0.136. The molecule has 1 amide bonds. The highest BCUT2D eigenvalue weighted by Crippen LogP contribution is 2.37. The first-order valence-electron chi connectivity index (χ1n) is 12.7. The highest BCUT2D eigenvalue weighted by Gasteiger charge is 2.31. The first kappa shape index (κ1) is 29.1. The van der Waals surface area contributed by atoms with Crippen molar-refractivity contribution in [1.82, 2.24) is 15.0 Å². The fourth-order valence-corrected chi connectivity index (χ4v) is 6.29. The van der Waals surface area contributed by atoms with Gasteiger partial charge in [0.15, 0.2) is 0 Å². The van der Waals surface area contributed by atoms with Gasteiger partial charge in [0.25, 0.3) is 0 Å². The summed E-state index contributed by atoms with van der Waals surface area (Å²) in [6.45, 7) is 1.96. The summed E-state index contributed by atoms with van der Waals surface area (Å²) in [5.74, 6) is -0.157. The molecule has 13 heteroatoms. The minimum atomic E-state index is -4.71. The number of rotatable bonds is 11. The van der Waals surface area contributed by atoms with Crippen molar-refractivity contribution in [2.45, 2.75) is 49.6 Å². The molecular formula is C26H32N3O8PS. The van der Waals surface area contributed by atoms with Gasteiger partial charge in [0.2, 0.25) is 21.8 Å². The smallest absolute Gasteiger partial charge is 0.469 e. The van der Waals surface area contributed by atoms with Gasteiger partial charge in [0, 0.05) is 23.4 Å². The number of hydrogen-bond acceptors (Lipinski definition) is 7. The van der Waals surface area contributed by atoms with Crippen LogP contribution in [0.2, 0.25) is 0 Å². The van der Waals surface area contributed by atoms with E-state index in [1.807, 2.05) is 6.92 Å². The topological polar surface area (TPSA) is 164 Å². The zero-order chi connectivity index (χ0) is 28.0. The number of ether oxygens (including phenoxy) is 1. The molecule has 0 radical (unpaired) electrons. The summed E-state index contributed by atoms with van der Waals surface area (Å²) in [6.07, 6.45) is 1.86. The molecule has 1 atom stereocenters. The number of sulfonamides is 1. The monoisotopic (exact) mass is 577 g/mol. The Kier molecular flexibility index (Phi) is 9.37. The van der Waals surface area contributed by atoms with Crippen LogP contribution >= 0.6 is 7.82 Å². The van der Waals surface area contributed by atoms with E-state index in [1.54, 1.807) is 54.6 Å². The van der Waals surface area contributed by atoms with Gasteiger partial charge in [0.1, 0.15) is 0 Å². The van der Waals surface area contributed by atoms with Gasteiger partial charge >= 0.3 is 7.82 Å². The minimum Gasteiger partial charge on any atom is -0.478 e. The third kappa shape index (κ3) is 8.07. The molecular weight excluding hydrogens is 545 g/mol. The molecule has 1 heterocycles. The zero-order valence-electron chi connectivity index (χ0n) is 21.4. The molecule has 2 aromatic carbocycles. The summed E-state index contributed by atoms with van der Waals surface area (Å²) < 4.78 is 50.2. The van der Waals surface area contributed by atoms with Gasteiger partial charge in [-0.15, -0.1) is 0 Å². The maximum absolute atomic E-state index is 13.1. The van der Waals surface area contributed by atoms with E-state index >= 15 is 0 Å². The average molecular weight is 578 g/mol. The Bertz CT molecular complexity index is 1440. The number of pyridine rings is 1. The molecule has 1 fully saturated rings. The van der Waals surface area contributed by atoms with Crippen molar-refractivity contribution >= 4 is 34.7 Å². The Morgan fingerprint density at radius 2 is 1.79 bits per heavy atom. The van der Waals surface area contributed by atoms with Gasteiger partial charge in [0.05, 0.1) is 29.7 Å². The molecule has 1 aliphatic carbocycles. The van der Waals surface area contributed by atoms with Gasteiger partial charge in [-0.05, 0) is 62.4 Å². The molecule has 11 nitrogen and oxygen atoms in total. The fourth-order valence-electron chi connectivity index (χ4n) is 4.61. The van der Waals surface area contributed by atoms with Crippen LogP contribution in [0.5, 0.6) is 5.88 Å². The molecule has 0 bridgehead atoms. The fraction of sp³-hybridized carbons (Fsp3) is 0.385. The van der Waals surface area contributed by atoms with Crippen molar-refractivity contribution in [2.75, 3.05) is 13.2 Å². The van der Waals surface area contributed by atoms with Gasteiger partial charge in [-0.1, -0.05) is 30.3 Å². The zero-order valence-corrected chi connectivity index (χ0v) is 23.1. The Morgan fingerprint density at radius 3 is 2.46 bits per heavy atom. The highest BCUT2D eigenvalue weighted by molar-refractivity contribution is 7.89. The quantitative estimate of drug-likeness (QED) is 0.250. The van der Waals surface area contributed by atoms with E-state index in [0.29, 0.717) is 54.6 Å². The van der Waals surface area contributed by atoms with Gasteiger partial charge in [-0.2, -0.15) is 0 Å². The van der Waals surface area contributed by atoms with Crippen LogP contribution < -0.4 is 14.8 Å². The lowest BCUT2D eigenvalue weighted by Gasteiger charge is -2.29. The lowest BCUT2D eigenvalue weighted by Crippen LogP contribution is -2.42. The predicted octanol–water partition coefficient (Wildman–Crippen LogP) is 3.44. The molecule has 1 saturated carbocycles. The molecule has 4 rings (SSSR count). The third-order valence-electron chi connectivity index (χ3n) is 6.59. The maximum atomic E-state index is 13.1. The number of nitrogens with zero attached hydrogens (tertiary/aromatic N) is 1. The summed E-state index contributed by atoms with van der Waals surface area (Å²) in [4.78, 5) is 35.7. The average Bonchev–Trinajstić information content (AvgIpc) is 2.91. The van der Waals surface area contributed by atoms with Crippen LogP contribution in [0.1, 0.15) is 44.2 Å². The molecule has 39 heavy (non-hydrogen) atoms. The number of hydrogen-bond donors (Lipinski definition) is 4. The normalized spacial score (nSPS) is 18.9. The lowest BCUT2D eigenvalue weighted by atomic mass is 9.85. The van der Waals surface area contributed by atoms with E-state index in [1.165, 1.54) is 6.07 Å². The van der Waals surface area contributed by atoms with Gasteiger partial charge in [-0.25, -0.2) is 22.7 Å². The van der Waals surface area contributed by atoms with Crippen LogP contribution in [0.25, 0.3) is 10.9 Å². The van der Waals surface area contributed by atoms with E-state index in [-0.39, 0.29) is 29.4 Å². The second-order valence-electron chi connectivity index (χ2n) is 9.37.